The Morgan fingerprint density at radius 2 is 1.81 bits per heavy atom. The molecule has 2 aliphatic rings. The zero-order chi connectivity index (χ0) is 18.7. The fourth-order valence-electron chi connectivity index (χ4n) is 3.33. The van der Waals surface area contributed by atoms with Crippen molar-refractivity contribution in [2.75, 3.05) is 30.9 Å². The molecule has 0 aliphatic carbocycles. The van der Waals surface area contributed by atoms with Gasteiger partial charge in [-0.3, -0.25) is 14.3 Å². The molecule has 3 rings (SSSR count). The van der Waals surface area contributed by atoms with Gasteiger partial charge >= 0.3 is 0 Å². The van der Waals surface area contributed by atoms with E-state index >= 15 is 0 Å². The molecule has 2 heterocycles. The number of rotatable bonds is 5. The first-order valence-corrected chi connectivity index (χ1v) is 10.2. The van der Waals surface area contributed by atoms with Crippen LogP contribution in [0, 0.1) is 5.92 Å². The second-order valence-electron chi connectivity index (χ2n) is 6.71. The highest BCUT2D eigenvalue weighted by atomic mass is 32.2. The molecular weight excluding hydrogens is 354 g/mol. The summed E-state index contributed by atoms with van der Waals surface area (Å²) >= 11 is 0. The Morgan fingerprint density at radius 1 is 1.12 bits per heavy atom. The van der Waals surface area contributed by atoms with Gasteiger partial charge in [0, 0.05) is 31.9 Å². The van der Waals surface area contributed by atoms with Gasteiger partial charge in [0.25, 0.3) is 0 Å². The molecule has 2 saturated heterocycles. The van der Waals surface area contributed by atoms with Gasteiger partial charge in [0.05, 0.1) is 5.92 Å². The maximum atomic E-state index is 12.6. The zero-order valence-corrected chi connectivity index (χ0v) is 15.3. The normalized spacial score (nSPS) is 21.0. The minimum Gasteiger partial charge on any atom is -0.340 e. The fourth-order valence-corrected chi connectivity index (χ4v) is 4.72. The predicted octanol–water partition coefficient (Wildman–Crippen LogP) is 1.06. The lowest BCUT2D eigenvalue weighted by Crippen LogP contribution is -2.60. The minimum absolute atomic E-state index is 0.0716. The Morgan fingerprint density at radius 3 is 2.46 bits per heavy atom. The molecule has 7 nitrogen and oxygen atoms in total. The van der Waals surface area contributed by atoms with E-state index in [4.69, 9.17) is 0 Å². The number of hydrogen-bond donors (Lipinski definition) is 1. The van der Waals surface area contributed by atoms with Gasteiger partial charge in [0.2, 0.25) is 21.8 Å². The quantitative estimate of drug-likeness (QED) is 0.778. The molecule has 0 bridgehead atoms. The molecule has 140 valence electrons. The largest absolute Gasteiger partial charge is 0.340 e. The Bertz CT molecular complexity index is 788. The number of sulfonamides is 1. The molecule has 0 spiro atoms. The lowest BCUT2D eigenvalue weighted by atomic mass is 9.95. The lowest BCUT2D eigenvalue weighted by Gasteiger charge is -2.42. The van der Waals surface area contributed by atoms with E-state index < -0.39 is 15.3 Å². The molecule has 26 heavy (non-hydrogen) atoms. The van der Waals surface area contributed by atoms with Crippen molar-refractivity contribution in [3.8, 4) is 0 Å². The molecule has 1 aromatic carbocycles. The summed E-state index contributed by atoms with van der Waals surface area (Å²) in [6, 6.07) is 8.70. The highest BCUT2D eigenvalue weighted by Gasteiger charge is 2.42. The van der Waals surface area contributed by atoms with E-state index in [2.05, 4.69) is 11.3 Å². The van der Waals surface area contributed by atoms with Crippen LogP contribution in [-0.4, -0.2) is 61.5 Å². The van der Waals surface area contributed by atoms with E-state index in [0.29, 0.717) is 18.8 Å². The van der Waals surface area contributed by atoms with Crippen molar-refractivity contribution in [1.82, 2.24) is 9.80 Å². The van der Waals surface area contributed by atoms with Crippen LogP contribution in [-0.2, 0) is 19.6 Å². The average Bonchev–Trinajstić information content (AvgIpc) is 2.60. The first-order chi connectivity index (χ1) is 12.4. The third-order valence-corrected chi connectivity index (χ3v) is 6.59. The molecular formula is C18H23N3O4S. The minimum atomic E-state index is -3.52. The predicted molar refractivity (Wildman–Crippen MR) is 98.9 cm³/mol. The van der Waals surface area contributed by atoms with E-state index in [1.165, 1.54) is 6.08 Å². The van der Waals surface area contributed by atoms with Crippen molar-refractivity contribution in [1.29, 1.82) is 0 Å². The summed E-state index contributed by atoms with van der Waals surface area (Å²) in [5, 5.41) is -0.610. The third kappa shape index (κ3) is 3.90. The third-order valence-electron chi connectivity index (χ3n) is 4.89. The number of likely N-dealkylation sites (tertiary alicyclic amines) is 2. The fraction of sp³-hybridized carbons (Fsp3) is 0.444. The number of benzene rings is 1. The Hall–Kier alpha value is -2.35. The van der Waals surface area contributed by atoms with Gasteiger partial charge in [-0.05, 0) is 31.1 Å². The van der Waals surface area contributed by atoms with E-state index in [1.807, 2.05) is 6.07 Å². The SMILES string of the molecule is C=CC(=O)N1CCCC(C(=O)N2CC(S(=O)(=O)Nc3ccccc3)C2)C1. The van der Waals surface area contributed by atoms with Gasteiger partial charge in [-0.2, -0.15) is 0 Å². The highest BCUT2D eigenvalue weighted by molar-refractivity contribution is 7.93. The second kappa shape index (κ2) is 7.49. The van der Waals surface area contributed by atoms with Crippen LogP contribution < -0.4 is 4.72 Å². The maximum Gasteiger partial charge on any atom is 0.245 e. The van der Waals surface area contributed by atoms with Crippen LogP contribution in [0.4, 0.5) is 5.69 Å². The van der Waals surface area contributed by atoms with Crippen LogP contribution in [0.25, 0.3) is 0 Å². The number of carbonyl (C=O) groups excluding carboxylic acids is 2. The number of para-hydroxylation sites is 1. The van der Waals surface area contributed by atoms with Crippen LogP contribution in [0.1, 0.15) is 12.8 Å². The van der Waals surface area contributed by atoms with Crippen LogP contribution in [0.15, 0.2) is 43.0 Å². The lowest BCUT2D eigenvalue weighted by molar-refractivity contribution is -0.142. The highest BCUT2D eigenvalue weighted by Crippen LogP contribution is 2.25. The summed E-state index contributed by atoms with van der Waals surface area (Å²) in [5.74, 6) is -0.505. The maximum absolute atomic E-state index is 12.6. The first kappa shape index (κ1) is 18.4. The summed E-state index contributed by atoms with van der Waals surface area (Å²) in [5.41, 5.74) is 0.517. The summed E-state index contributed by atoms with van der Waals surface area (Å²) in [7, 11) is -3.52. The van der Waals surface area contributed by atoms with Gasteiger partial charge in [-0.25, -0.2) is 8.42 Å². The standard InChI is InChI=1S/C18H23N3O4S/c1-2-17(22)20-10-6-7-14(11-20)18(23)21-12-16(13-21)26(24,25)19-15-8-4-3-5-9-15/h2-5,8-9,14,16,19H,1,6-7,10-13H2. The molecule has 8 heteroatoms. The summed E-state index contributed by atoms with van der Waals surface area (Å²) in [6.45, 7) is 4.86. The summed E-state index contributed by atoms with van der Waals surface area (Å²) < 4.78 is 27.3. The molecule has 2 aliphatic heterocycles. The zero-order valence-electron chi connectivity index (χ0n) is 14.5. The van der Waals surface area contributed by atoms with Gasteiger partial charge in [-0.1, -0.05) is 24.8 Å². The molecule has 1 atom stereocenters. The van der Waals surface area contributed by atoms with Crippen molar-refractivity contribution in [2.24, 2.45) is 5.92 Å². The second-order valence-corrected chi connectivity index (χ2v) is 8.67. The number of anilines is 1. The number of amides is 2. The van der Waals surface area contributed by atoms with E-state index in [1.54, 1.807) is 34.1 Å². The molecule has 1 N–H and O–H groups in total. The van der Waals surface area contributed by atoms with Crippen molar-refractivity contribution in [3.05, 3.63) is 43.0 Å². The number of nitrogens with zero attached hydrogens (tertiary/aromatic N) is 2. The number of piperidine rings is 1. The summed E-state index contributed by atoms with van der Waals surface area (Å²) in [6.07, 6.45) is 2.74. The van der Waals surface area contributed by atoms with Gasteiger partial charge in [0.15, 0.2) is 0 Å². The molecule has 2 fully saturated rings. The first-order valence-electron chi connectivity index (χ1n) is 8.67. The van der Waals surface area contributed by atoms with Crippen molar-refractivity contribution in [3.63, 3.8) is 0 Å². The van der Waals surface area contributed by atoms with E-state index in [0.717, 1.165) is 12.8 Å². The number of carbonyl (C=O) groups is 2. The monoisotopic (exact) mass is 377 g/mol. The van der Waals surface area contributed by atoms with Crippen LogP contribution in [0.5, 0.6) is 0 Å². The molecule has 2 amide bonds. The van der Waals surface area contributed by atoms with Gasteiger partial charge in [0.1, 0.15) is 5.25 Å². The summed E-state index contributed by atoms with van der Waals surface area (Å²) in [4.78, 5) is 27.6. The Labute approximate surface area is 153 Å². The Kier molecular flexibility index (Phi) is 5.31. The van der Waals surface area contributed by atoms with Crippen LogP contribution in [0.3, 0.4) is 0 Å². The van der Waals surface area contributed by atoms with Gasteiger partial charge in [-0.15, -0.1) is 0 Å². The molecule has 1 aromatic rings. The van der Waals surface area contributed by atoms with E-state index in [-0.39, 0.29) is 30.8 Å². The van der Waals surface area contributed by atoms with Crippen LogP contribution in [0.2, 0.25) is 0 Å². The van der Waals surface area contributed by atoms with E-state index in [9.17, 15) is 18.0 Å². The molecule has 1 unspecified atom stereocenters. The smallest absolute Gasteiger partial charge is 0.245 e. The molecule has 0 aromatic heterocycles. The number of nitrogens with one attached hydrogen (secondary N) is 1. The van der Waals surface area contributed by atoms with Crippen molar-refractivity contribution < 1.29 is 18.0 Å². The Balaban J connectivity index is 1.54. The van der Waals surface area contributed by atoms with Crippen LogP contribution >= 0.6 is 0 Å². The number of hydrogen-bond acceptors (Lipinski definition) is 4. The molecule has 0 saturated carbocycles. The van der Waals surface area contributed by atoms with Crippen molar-refractivity contribution >= 4 is 27.5 Å². The van der Waals surface area contributed by atoms with Crippen molar-refractivity contribution in [2.45, 2.75) is 18.1 Å². The van der Waals surface area contributed by atoms with Gasteiger partial charge < -0.3 is 9.80 Å². The average molecular weight is 377 g/mol. The topological polar surface area (TPSA) is 86.8 Å². The molecule has 0 radical (unpaired) electrons.